The minimum absolute atomic E-state index is 0.0999. The molecule has 0 fully saturated rings. The molecule has 4 aromatic rings. The minimum atomic E-state index is -2.54. The van der Waals surface area contributed by atoms with Gasteiger partial charge in [0, 0.05) is 17.8 Å². The first-order chi connectivity index (χ1) is 16.6. The van der Waals surface area contributed by atoms with Crippen LogP contribution in [0.4, 0.5) is 10.1 Å². The summed E-state index contributed by atoms with van der Waals surface area (Å²) in [5.41, 5.74) is 4.39. The van der Waals surface area contributed by atoms with Crippen LogP contribution in [0.15, 0.2) is 48.7 Å². The third-order valence-electron chi connectivity index (χ3n) is 5.74. The van der Waals surface area contributed by atoms with Gasteiger partial charge in [-0.15, -0.1) is 0 Å². The molecule has 0 aliphatic heterocycles. The smallest absolute Gasteiger partial charge is 0.151 e. The molecular weight excluding hydrogens is 484 g/mol. The molecule has 0 radical (unpaired) electrons. The Morgan fingerprint density at radius 3 is 2.60 bits per heavy atom. The predicted octanol–water partition coefficient (Wildman–Crippen LogP) is 6.48. The van der Waals surface area contributed by atoms with Gasteiger partial charge in [-0.05, 0) is 56.5 Å². The first-order valence-corrected chi connectivity index (χ1v) is 14.0. The molecule has 1 unspecified atom stereocenters. The van der Waals surface area contributed by atoms with Gasteiger partial charge in [0.15, 0.2) is 5.82 Å². The average Bonchev–Trinajstić information content (AvgIpc) is 2.84. The maximum Gasteiger partial charge on any atom is 0.151 e. The summed E-state index contributed by atoms with van der Waals surface area (Å²) < 4.78 is 27.4. The molecule has 1 aromatic carbocycles. The lowest BCUT2D eigenvalue weighted by Crippen LogP contribution is -2.12. The highest BCUT2D eigenvalue weighted by molar-refractivity contribution is 7.69. The lowest BCUT2D eigenvalue weighted by Gasteiger charge is -2.22. The second-order valence-electron chi connectivity index (χ2n) is 8.67. The van der Waals surface area contributed by atoms with Crippen LogP contribution in [0.2, 0.25) is 5.02 Å². The zero-order chi connectivity index (χ0) is 25.3. The van der Waals surface area contributed by atoms with Crippen molar-refractivity contribution < 1.29 is 8.96 Å². The van der Waals surface area contributed by atoms with Gasteiger partial charge in [0.25, 0.3) is 0 Å². The van der Waals surface area contributed by atoms with Crippen LogP contribution in [0, 0.1) is 24.1 Å². The van der Waals surface area contributed by atoms with Crippen molar-refractivity contribution in [3.63, 3.8) is 0 Å². The molecule has 178 valence electrons. The zero-order valence-electron chi connectivity index (χ0n) is 19.8. The van der Waals surface area contributed by atoms with Crippen LogP contribution < -0.4 is 10.8 Å². The monoisotopic (exact) mass is 507 g/mol. The lowest BCUT2D eigenvalue weighted by atomic mass is 10.0. The van der Waals surface area contributed by atoms with Crippen LogP contribution in [0.3, 0.4) is 0 Å². The number of pyridine rings is 3. The summed E-state index contributed by atoms with van der Waals surface area (Å²) in [4.78, 5) is 13.3. The van der Waals surface area contributed by atoms with Crippen molar-refractivity contribution in [3.8, 4) is 17.3 Å². The molecule has 0 aliphatic rings. The number of rotatable bonds is 6. The van der Waals surface area contributed by atoms with Gasteiger partial charge in [-0.3, -0.25) is 4.98 Å². The van der Waals surface area contributed by atoms with Gasteiger partial charge < -0.3 is 9.88 Å². The molecule has 3 heterocycles. The summed E-state index contributed by atoms with van der Waals surface area (Å²) in [6.45, 7) is 7.04. The van der Waals surface area contributed by atoms with Gasteiger partial charge in [0.1, 0.15) is 18.4 Å². The molecule has 0 saturated heterocycles. The molecule has 0 aliphatic carbocycles. The number of nitrogens with one attached hydrogen (secondary N) is 1. The molecule has 0 bridgehead atoms. The Hall–Kier alpha value is -3.33. The number of nitrogens with zero attached hydrogens (tertiary/aromatic N) is 4. The SMILES string of the molecule is CCC(Nc1c(Cl)c(C)nc2cc(F)c(-c3ccc(P(C)(C)=O)nc3)nc12)c1cccc(C#N)c1. The van der Waals surface area contributed by atoms with E-state index in [-0.39, 0.29) is 11.7 Å². The van der Waals surface area contributed by atoms with Crippen LogP contribution in [0.1, 0.15) is 36.2 Å². The van der Waals surface area contributed by atoms with Crippen molar-refractivity contribution >= 4 is 40.9 Å². The molecule has 0 spiro atoms. The highest BCUT2D eigenvalue weighted by atomic mass is 35.5. The summed E-state index contributed by atoms with van der Waals surface area (Å²) in [6.07, 6.45) is 2.19. The molecule has 0 amide bonds. The maximum atomic E-state index is 15.1. The fourth-order valence-electron chi connectivity index (χ4n) is 3.86. The highest BCUT2D eigenvalue weighted by Gasteiger charge is 2.21. The van der Waals surface area contributed by atoms with E-state index in [1.807, 2.05) is 25.1 Å². The van der Waals surface area contributed by atoms with E-state index in [0.717, 1.165) is 5.56 Å². The van der Waals surface area contributed by atoms with Gasteiger partial charge in [-0.1, -0.05) is 30.7 Å². The van der Waals surface area contributed by atoms with E-state index in [4.69, 9.17) is 11.6 Å². The van der Waals surface area contributed by atoms with Crippen LogP contribution in [-0.2, 0) is 4.57 Å². The van der Waals surface area contributed by atoms with E-state index in [1.165, 1.54) is 12.3 Å². The van der Waals surface area contributed by atoms with Crippen LogP contribution in [-0.4, -0.2) is 28.3 Å². The van der Waals surface area contributed by atoms with Crippen molar-refractivity contribution in [2.75, 3.05) is 18.6 Å². The van der Waals surface area contributed by atoms with Crippen molar-refractivity contribution in [3.05, 3.63) is 76.3 Å². The summed E-state index contributed by atoms with van der Waals surface area (Å²) in [7, 11) is -2.54. The maximum absolute atomic E-state index is 15.1. The first-order valence-electron chi connectivity index (χ1n) is 11.1. The minimum Gasteiger partial charge on any atom is -0.375 e. The Labute approximate surface area is 208 Å². The predicted molar refractivity (Wildman–Crippen MR) is 139 cm³/mol. The molecular formula is C26H24ClFN5OP. The van der Waals surface area contributed by atoms with Gasteiger partial charge in [-0.25, -0.2) is 14.4 Å². The number of hydrogen-bond acceptors (Lipinski definition) is 6. The number of hydrogen-bond donors (Lipinski definition) is 1. The Kier molecular flexibility index (Phi) is 6.89. The van der Waals surface area contributed by atoms with Crippen molar-refractivity contribution in [1.29, 1.82) is 5.26 Å². The fraction of sp³-hybridized carbons (Fsp3) is 0.231. The third kappa shape index (κ3) is 5.05. The van der Waals surface area contributed by atoms with Gasteiger partial charge in [-0.2, -0.15) is 5.26 Å². The number of benzene rings is 1. The highest BCUT2D eigenvalue weighted by Crippen LogP contribution is 2.37. The number of aromatic nitrogens is 3. The summed E-state index contributed by atoms with van der Waals surface area (Å²) >= 11 is 6.67. The topological polar surface area (TPSA) is 91.6 Å². The Morgan fingerprint density at radius 1 is 1.20 bits per heavy atom. The van der Waals surface area contributed by atoms with Gasteiger partial charge in [0.05, 0.1) is 45.0 Å². The Balaban J connectivity index is 1.84. The van der Waals surface area contributed by atoms with E-state index in [2.05, 4.69) is 26.3 Å². The molecule has 3 aromatic heterocycles. The number of anilines is 1. The molecule has 4 rings (SSSR count). The van der Waals surface area contributed by atoms with Crippen molar-refractivity contribution in [2.24, 2.45) is 0 Å². The molecule has 9 heteroatoms. The van der Waals surface area contributed by atoms with Crippen molar-refractivity contribution in [2.45, 2.75) is 26.3 Å². The van der Waals surface area contributed by atoms with E-state index in [1.54, 1.807) is 38.5 Å². The third-order valence-corrected chi connectivity index (χ3v) is 7.57. The largest absolute Gasteiger partial charge is 0.375 e. The summed E-state index contributed by atoms with van der Waals surface area (Å²) in [6, 6.07) is 14.0. The number of fused-ring (bicyclic) bond motifs is 1. The van der Waals surface area contributed by atoms with Crippen molar-refractivity contribution in [1.82, 2.24) is 15.0 Å². The molecule has 0 saturated carbocycles. The second-order valence-corrected chi connectivity index (χ2v) is 12.2. The standard InChI is InChI=1S/C26H24ClFN5OP/c1-5-20(17-8-6-7-16(11-17)13-29)32-26-23(27)15(2)31-21-12-19(28)24(33-25(21)26)18-9-10-22(30-14-18)35(3,4)34/h6-12,14,20H,5H2,1-4H3,(H,31,32). The Morgan fingerprint density at radius 2 is 1.97 bits per heavy atom. The fourth-order valence-corrected chi connectivity index (χ4v) is 4.82. The van der Waals surface area contributed by atoms with Crippen LogP contribution >= 0.6 is 18.7 Å². The van der Waals surface area contributed by atoms with E-state index >= 15 is 4.39 Å². The molecule has 6 nitrogen and oxygen atoms in total. The molecule has 1 atom stereocenters. The van der Waals surface area contributed by atoms with Crippen LogP contribution in [0.25, 0.3) is 22.3 Å². The lowest BCUT2D eigenvalue weighted by molar-refractivity contribution is 0.588. The van der Waals surface area contributed by atoms with E-state index in [9.17, 15) is 9.83 Å². The molecule has 1 N–H and O–H groups in total. The van der Waals surface area contributed by atoms with E-state index < -0.39 is 13.0 Å². The normalized spacial score (nSPS) is 12.4. The average molecular weight is 508 g/mol. The second kappa shape index (κ2) is 9.73. The Bertz CT molecular complexity index is 1510. The number of halogens is 2. The number of aryl methyl sites for hydroxylation is 1. The van der Waals surface area contributed by atoms with Gasteiger partial charge in [0.2, 0.25) is 0 Å². The van der Waals surface area contributed by atoms with E-state index in [0.29, 0.717) is 50.4 Å². The number of nitriles is 1. The zero-order valence-corrected chi connectivity index (χ0v) is 21.5. The summed E-state index contributed by atoms with van der Waals surface area (Å²) in [5, 5.41) is 13.1. The first kappa shape index (κ1) is 24.8. The van der Waals surface area contributed by atoms with Crippen LogP contribution in [0.5, 0.6) is 0 Å². The quantitative estimate of drug-likeness (QED) is 0.300. The van der Waals surface area contributed by atoms with Gasteiger partial charge >= 0.3 is 0 Å². The summed E-state index contributed by atoms with van der Waals surface area (Å²) in [5.74, 6) is -0.544. The molecule has 35 heavy (non-hydrogen) atoms.